The lowest BCUT2D eigenvalue weighted by Gasteiger charge is -2.31. The number of nitrogens with one attached hydrogen (secondary N) is 2. The molecule has 1 fully saturated rings. The Hall–Kier alpha value is -1.81. The summed E-state index contributed by atoms with van der Waals surface area (Å²) in [5, 5.41) is 6.94. The van der Waals surface area contributed by atoms with Gasteiger partial charge in [-0.25, -0.2) is 0 Å². The Morgan fingerprint density at radius 3 is 2.68 bits per heavy atom. The Labute approximate surface area is 151 Å². The van der Waals surface area contributed by atoms with E-state index in [0.717, 1.165) is 44.9 Å². The molecule has 0 amide bonds. The van der Waals surface area contributed by atoms with Gasteiger partial charge in [-0.3, -0.25) is 4.99 Å². The van der Waals surface area contributed by atoms with Crippen LogP contribution < -0.4 is 10.6 Å². The first kappa shape index (κ1) is 18.0. The van der Waals surface area contributed by atoms with Crippen molar-refractivity contribution < 1.29 is 4.74 Å². The van der Waals surface area contributed by atoms with Gasteiger partial charge in [0.15, 0.2) is 5.96 Å². The van der Waals surface area contributed by atoms with Gasteiger partial charge in [-0.1, -0.05) is 42.0 Å². The molecule has 3 rings (SSSR count). The van der Waals surface area contributed by atoms with E-state index in [1.807, 2.05) is 0 Å². The van der Waals surface area contributed by atoms with Crippen molar-refractivity contribution in [3.63, 3.8) is 0 Å². The Bertz CT molecular complexity index is 586. The second kappa shape index (κ2) is 9.04. The minimum Gasteiger partial charge on any atom is -0.373 e. The Kier molecular flexibility index (Phi) is 6.51. The summed E-state index contributed by atoms with van der Waals surface area (Å²) in [6.07, 6.45) is 9.11. The molecular weight excluding hydrogens is 310 g/mol. The fourth-order valence-electron chi connectivity index (χ4n) is 3.61. The first-order valence-corrected chi connectivity index (χ1v) is 9.64. The van der Waals surface area contributed by atoms with Crippen molar-refractivity contribution in [1.82, 2.24) is 10.6 Å². The molecule has 1 aliphatic carbocycles. The molecule has 0 aromatic heterocycles. The van der Waals surface area contributed by atoms with Crippen LogP contribution in [0.25, 0.3) is 0 Å². The van der Waals surface area contributed by atoms with Crippen LogP contribution in [-0.2, 0) is 4.74 Å². The SMILES string of the molecule is CCNC(=NCC1CCCOC1c1ccc(C)cc1)NC1CC=CC1. The number of aryl methyl sites for hydroxylation is 1. The summed E-state index contributed by atoms with van der Waals surface area (Å²) < 4.78 is 6.12. The molecule has 1 aromatic carbocycles. The fraction of sp³-hybridized carbons (Fsp3) is 0.571. The van der Waals surface area contributed by atoms with E-state index in [9.17, 15) is 0 Å². The van der Waals surface area contributed by atoms with Crippen LogP contribution in [0.15, 0.2) is 41.4 Å². The highest BCUT2D eigenvalue weighted by atomic mass is 16.5. The molecular formula is C21H31N3O. The van der Waals surface area contributed by atoms with Crippen LogP contribution in [0.3, 0.4) is 0 Å². The number of ether oxygens (including phenoxy) is 1. The van der Waals surface area contributed by atoms with Crippen molar-refractivity contribution in [3.8, 4) is 0 Å². The van der Waals surface area contributed by atoms with Crippen LogP contribution in [0.5, 0.6) is 0 Å². The van der Waals surface area contributed by atoms with E-state index < -0.39 is 0 Å². The maximum atomic E-state index is 6.12. The van der Waals surface area contributed by atoms with E-state index in [2.05, 4.69) is 60.9 Å². The van der Waals surface area contributed by atoms with Crippen molar-refractivity contribution in [1.29, 1.82) is 0 Å². The molecule has 0 saturated carbocycles. The summed E-state index contributed by atoms with van der Waals surface area (Å²) in [7, 11) is 0. The Morgan fingerprint density at radius 1 is 1.20 bits per heavy atom. The highest BCUT2D eigenvalue weighted by Crippen LogP contribution is 2.34. The number of aliphatic imine (C=N–C) groups is 1. The summed E-state index contributed by atoms with van der Waals surface area (Å²) in [6.45, 7) is 6.77. The molecule has 1 heterocycles. The molecule has 25 heavy (non-hydrogen) atoms. The van der Waals surface area contributed by atoms with E-state index in [4.69, 9.17) is 9.73 Å². The van der Waals surface area contributed by atoms with Crippen LogP contribution in [0.2, 0.25) is 0 Å². The molecule has 2 atom stereocenters. The van der Waals surface area contributed by atoms with Crippen LogP contribution in [0.4, 0.5) is 0 Å². The van der Waals surface area contributed by atoms with Crippen LogP contribution in [0.1, 0.15) is 49.8 Å². The van der Waals surface area contributed by atoms with E-state index in [1.165, 1.54) is 17.5 Å². The first-order valence-electron chi connectivity index (χ1n) is 9.64. The standard InChI is InChI=1S/C21H31N3O/c1-3-22-21(24-19-8-4-5-9-19)23-15-18-7-6-14-25-20(18)17-12-10-16(2)11-13-17/h4-5,10-13,18-20H,3,6-9,14-15H2,1-2H3,(H2,22,23,24). The van der Waals surface area contributed by atoms with Crippen LogP contribution >= 0.6 is 0 Å². The maximum Gasteiger partial charge on any atom is 0.191 e. The predicted molar refractivity (Wildman–Crippen MR) is 104 cm³/mol. The van der Waals surface area contributed by atoms with Crippen LogP contribution in [-0.4, -0.2) is 31.7 Å². The smallest absolute Gasteiger partial charge is 0.191 e. The molecule has 0 spiro atoms. The summed E-state index contributed by atoms with van der Waals surface area (Å²) in [5.74, 6) is 1.37. The minimum absolute atomic E-state index is 0.161. The van der Waals surface area contributed by atoms with Gasteiger partial charge >= 0.3 is 0 Å². The summed E-state index contributed by atoms with van der Waals surface area (Å²) in [4.78, 5) is 4.88. The molecule has 2 unspecified atom stereocenters. The molecule has 0 bridgehead atoms. The van der Waals surface area contributed by atoms with Gasteiger partial charge in [-0.05, 0) is 45.1 Å². The summed E-state index contributed by atoms with van der Waals surface area (Å²) in [6, 6.07) is 9.23. The Balaban J connectivity index is 1.65. The third-order valence-electron chi connectivity index (χ3n) is 5.03. The van der Waals surface area contributed by atoms with Crippen molar-refractivity contribution >= 4 is 5.96 Å². The highest BCUT2D eigenvalue weighted by Gasteiger charge is 2.27. The van der Waals surface area contributed by atoms with Gasteiger partial charge in [0.2, 0.25) is 0 Å². The highest BCUT2D eigenvalue weighted by molar-refractivity contribution is 5.80. The quantitative estimate of drug-likeness (QED) is 0.487. The Morgan fingerprint density at radius 2 is 1.96 bits per heavy atom. The molecule has 2 aliphatic rings. The first-order chi connectivity index (χ1) is 12.3. The van der Waals surface area contributed by atoms with Gasteiger partial charge in [-0.15, -0.1) is 0 Å². The van der Waals surface area contributed by atoms with Gasteiger partial charge in [-0.2, -0.15) is 0 Å². The van der Waals surface area contributed by atoms with Gasteiger partial charge in [0.1, 0.15) is 0 Å². The molecule has 1 saturated heterocycles. The number of guanidine groups is 1. The monoisotopic (exact) mass is 341 g/mol. The topological polar surface area (TPSA) is 45.7 Å². The third kappa shape index (κ3) is 5.08. The zero-order valence-electron chi connectivity index (χ0n) is 15.5. The second-order valence-corrected chi connectivity index (χ2v) is 7.11. The van der Waals surface area contributed by atoms with E-state index >= 15 is 0 Å². The van der Waals surface area contributed by atoms with E-state index in [1.54, 1.807) is 0 Å². The number of nitrogens with zero attached hydrogens (tertiary/aromatic N) is 1. The number of hydrogen-bond acceptors (Lipinski definition) is 2. The fourth-order valence-corrected chi connectivity index (χ4v) is 3.61. The minimum atomic E-state index is 0.161. The van der Waals surface area contributed by atoms with Crippen LogP contribution in [0, 0.1) is 12.8 Å². The number of rotatable bonds is 5. The molecule has 136 valence electrons. The second-order valence-electron chi connectivity index (χ2n) is 7.11. The van der Waals surface area contributed by atoms with Crippen molar-refractivity contribution in [3.05, 3.63) is 47.5 Å². The zero-order chi connectivity index (χ0) is 17.5. The van der Waals surface area contributed by atoms with Gasteiger partial charge in [0, 0.05) is 31.7 Å². The summed E-state index contributed by atoms with van der Waals surface area (Å²) >= 11 is 0. The summed E-state index contributed by atoms with van der Waals surface area (Å²) in [5.41, 5.74) is 2.57. The average Bonchev–Trinajstić information content (AvgIpc) is 3.14. The lowest BCUT2D eigenvalue weighted by atomic mass is 9.89. The third-order valence-corrected chi connectivity index (χ3v) is 5.03. The molecule has 1 aliphatic heterocycles. The maximum absolute atomic E-state index is 6.12. The van der Waals surface area contributed by atoms with Gasteiger partial charge in [0.05, 0.1) is 6.10 Å². The van der Waals surface area contributed by atoms with Gasteiger partial charge < -0.3 is 15.4 Å². The zero-order valence-corrected chi connectivity index (χ0v) is 15.5. The van der Waals surface area contributed by atoms with E-state index in [-0.39, 0.29) is 6.10 Å². The van der Waals surface area contributed by atoms with Crippen molar-refractivity contribution in [2.45, 2.75) is 51.7 Å². The number of benzene rings is 1. The molecule has 4 nitrogen and oxygen atoms in total. The number of hydrogen-bond donors (Lipinski definition) is 2. The lowest BCUT2D eigenvalue weighted by Crippen LogP contribution is -2.43. The molecule has 2 N–H and O–H groups in total. The lowest BCUT2D eigenvalue weighted by molar-refractivity contribution is -0.0250. The van der Waals surface area contributed by atoms with Crippen molar-refractivity contribution in [2.75, 3.05) is 19.7 Å². The predicted octanol–water partition coefficient (Wildman–Crippen LogP) is 3.74. The normalized spacial score (nSPS) is 24.5. The molecule has 0 radical (unpaired) electrons. The van der Waals surface area contributed by atoms with Gasteiger partial charge in [0.25, 0.3) is 0 Å². The molecule has 4 heteroatoms. The van der Waals surface area contributed by atoms with E-state index in [0.29, 0.717) is 12.0 Å². The van der Waals surface area contributed by atoms with Crippen molar-refractivity contribution in [2.24, 2.45) is 10.9 Å². The average molecular weight is 341 g/mol. The largest absolute Gasteiger partial charge is 0.373 e. The molecule has 1 aromatic rings.